The highest BCUT2D eigenvalue weighted by atomic mass is 79.9. The molecule has 1 aromatic heterocycles. The van der Waals surface area contributed by atoms with Crippen molar-refractivity contribution in [1.82, 2.24) is 0 Å². The van der Waals surface area contributed by atoms with Crippen molar-refractivity contribution in [2.45, 2.75) is 19.4 Å². The van der Waals surface area contributed by atoms with Crippen molar-refractivity contribution in [3.63, 3.8) is 0 Å². The summed E-state index contributed by atoms with van der Waals surface area (Å²) in [6.07, 6.45) is 0.573. The van der Waals surface area contributed by atoms with Gasteiger partial charge in [-0.05, 0) is 41.1 Å². The van der Waals surface area contributed by atoms with E-state index in [-0.39, 0.29) is 16.1 Å². The van der Waals surface area contributed by atoms with Crippen LogP contribution in [0.15, 0.2) is 33.2 Å². The van der Waals surface area contributed by atoms with E-state index in [4.69, 9.17) is 10.2 Å². The van der Waals surface area contributed by atoms with Gasteiger partial charge < -0.3 is 10.2 Å². The first-order valence-corrected chi connectivity index (χ1v) is 6.26. The number of furan rings is 1. The van der Waals surface area contributed by atoms with Crippen molar-refractivity contribution in [3.8, 4) is 11.3 Å². The van der Waals surface area contributed by atoms with Crippen LogP contribution in [-0.4, -0.2) is 6.04 Å². The third kappa shape index (κ3) is 2.79. The Morgan fingerprint density at radius 3 is 2.67 bits per heavy atom. The Morgan fingerprint density at radius 1 is 1.28 bits per heavy atom. The van der Waals surface area contributed by atoms with Crippen molar-refractivity contribution in [3.05, 3.63) is 46.1 Å². The minimum Gasteiger partial charge on any atom is -0.461 e. The van der Waals surface area contributed by atoms with Crippen LogP contribution in [0.4, 0.5) is 8.78 Å². The molecule has 0 aliphatic carbocycles. The highest BCUT2D eigenvalue weighted by Crippen LogP contribution is 2.29. The summed E-state index contributed by atoms with van der Waals surface area (Å²) < 4.78 is 32.5. The van der Waals surface area contributed by atoms with E-state index < -0.39 is 11.6 Å². The minimum atomic E-state index is -0.655. The molecule has 0 saturated carbocycles. The molecule has 0 amide bonds. The molecule has 18 heavy (non-hydrogen) atoms. The molecule has 0 aliphatic rings. The third-order valence-corrected chi connectivity index (χ3v) is 3.07. The molecule has 0 spiro atoms. The fraction of sp³-hybridized carbons (Fsp3) is 0.231. The van der Waals surface area contributed by atoms with Gasteiger partial charge in [-0.2, -0.15) is 0 Å². The topological polar surface area (TPSA) is 39.2 Å². The number of benzene rings is 1. The molecule has 1 aromatic carbocycles. The second kappa shape index (κ2) is 5.20. The molecule has 0 fully saturated rings. The fourth-order valence-electron chi connectivity index (χ4n) is 1.66. The van der Waals surface area contributed by atoms with Gasteiger partial charge in [-0.3, -0.25) is 0 Å². The summed E-state index contributed by atoms with van der Waals surface area (Å²) in [5.74, 6) is -0.250. The molecule has 0 saturated heterocycles. The SMILES string of the molecule is CC(N)Cc1ccc(-c2cc(Br)c(F)cc2F)o1. The van der Waals surface area contributed by atoms with Gasteiger partial charge >= 0.3 is 0 Å². The van der Waals surface area contributed by atoms with Gasteiger partial charge in [-0.15, -0.1) is 0 Å². The molecule has 0 bridgehead atoms. The highest BCUT2D eigenvalue weighted by Gasteiger charge is 2.14. The van der Waals surface area contributed by atoms with Crippen molar-refractivity contribution in [1.29, 1.82) is 0 Å². The van der Waals surface area contributed by atoms with Gasteiger partial charge in [0, 0.05) is 18.5 Å². The summed E-state index contributed by atoms with van der Waals surface area (Å²) >= 11 is 3.02. The van der Waals surface area contributed by atoms with Gasteiger partial charge in [0.15, 0.2) is 0 Å². The first-order valence-electron chi connectivity index (χ1n) is 5.46. The molecule has 2 aromatic rings. The number of hydrogen-bond donors (Lipinski definition) is 1. The van der Waals surface area contributed by atoms with Gasteiger partial charge in [0.25, 0.3) is 0 Å². The third-order valence-electron chi connectivity index (χ3n) is 2.46. The van der Waals surface area contributed by atoms with Crippen LogP contribution in [0.1, 0.15) is 12.7 Å². The zero-order chi connectivity index (χ0) is 13.3. The Balaban J connectivity index is 2.37. The number of nitrogens with two attached hydrogens (primary N) is 1. The molecule has 0 aliphatic heterocycles. The molecule has 1 atom stereocenters. The van der Waals surface area contributed by atoms with E-state index in [1.165, 1.54) is 6.07 Å². The van der Waals surface area contributed by atoms with Crippen LogP contribution in [0.2, 0.25) is 0 Å². The minimum absolute atomic E-state index is 0.0335. The Kier molecular flexibility index (Phi) is 3.82. The Morgan fingerprint density at radius 2 is 2.00 bits per heavy atom. The predicted octanol–water partition coefficient (Wildman–Crippen LogP) is 3.88. The average molecular weight is 316 g/mol. The van der Waals surface area contributed by atoms with E-state index in [2.05, 4.69) is 15.9 Å². The molecule has 0 radical (unpaired) electrons. The quantitative estimate of drug-likeness (QED) is 0.873. The first-order chi connectivity index (χ1) is 8.47. The molecule has 5 heteroatoms. The van der Waals surface area contributed by atoms with E-state index in [0.29, 0.717) is 17.9 Å². The smallest absolute Gasteiger partial charge is 0.140 e. The summed E-state index contributed by atoms with van der Waals surface area (Å²) in [5.41, 5.74) is 5.88. The van der Waals surface area contributed by atoms with E-state index in [1.807, 2.05) is 6.92 Å². The van der Waals surface area contributed by atoms with Crippen LogP contribution < -0.4 is 5.73 Å². The molecule has 1 heterocycles. The lowest BCUT2D eigenvalue weighted by atomic mass is 10.1. The van der Waals surface area contributed by atoms with Gasteiger partial charge in [0.2, 0.25) is 0 Å². The number of rotatable bonds is 3. The average Bonchev–Trinajstić information content (AvgIpc) is 2.70. The number of halogens is 3. The zero-order valence-electron chi connectivity index (χ0n) is 9.71. The normalized spacial score (nSPS) is 12.7. The van der Waals surface area contributed by atoms with Crippen LogP contribution in [0.25, 0.3) is 11.3 Å². The van der Waals surface area contributed by atoms with Crippen LogP contribution in [0.3, 0.4) is 0 Å². The maximum absolute atomic E-state index is 13.6. The Labute approximate surface area is 112 Å². The van der Waals surface area contributed by atoms with Crippen LogP contribution >= 0.6 is 15.9 Å². The fourth-order valence-corrected chi connectivity index (χ4v) is 2.00. The van der Waals surface area contributed by atoms with E-state index in [1.54, 1.807) is 12.1 Å². The lowest BCUT2D eigenvalue weighted by molar-refractivity contribution is 0.498. The van der Waals surface area contributed by atoms with Crippen molar-refractivity contribution in [2.24, 2.45) is 5.73 Å². The first kappa shape index (κ1) is 13.2. The summed E-state index contributed by atoms with van der Waals surface area (Å²) in [5, 5.41) is 0. The zero-order valence-corrected chi connectivity index (χ0v) is 11.3. The van der Waals surface area contributed by atoms with Crippen LogP contribution in [0, 0.1) is 11.6 Å². The van der Waals surface area contributed by atoms with Gasteiger partial charge in [0.1, 0.15) is 23.2 Å². The second-order valence-corrected chi connectivity index (χ2v) is 5.05. The van der Waals surface area contributed by atoms with Gasteiger partial charge in [0.05, 0.1) is 10.0 Å². The molecule has 2 rings (SSSR count). The van der Waals surface area contributed by atoms with Gasteiger partial charge in [-0.25, -0.2) is 8.78 Å². The lowest BCUT2D eigenvalue weighted by Gasteiger charge is -2.03. The summed E-state index contributed by atoms with van der Waals surface area (Å²) in [6.45, 7) is 1.86. The molecule has 1 unspecified atom stereocenters. The van der Waals surface area contributed by atoms with E-state index >= 15 is 0 Å². The standard InChI is InChI=1S/C13H12BrF2NO/c1-7(17)4-8-2-3-13(18-8)9-5-10(14)12(16)6-11(9)15/h2-3,5-7H,4,17H2,1H3. The lowest BCUT2D eigenvalue weighted by Crippen LogP contribution is -2.17. The largest absolute Gasteiger partial charge is 0.461 e. The maximum atomic E-state index is 13.6. The van der Waals surface area contributed by atoms with Crippen molar-refractivity contribution >= 4 is 15.9 Å². The Hall–Kier alpha value is -1.20. The molecule has 2 N–H and O–H groups in total. The Bertz CT molecular complexity index is 566. The van der Waals surface area contributed by atoms with Crippen molar-refractivity contribution in [2.75, 3.05) is 0 Å². The number of hydrogen-bond acceptors (Lipinski definition) is 2. The summed E-state index contributed by atoms with van der Waals surface area (Å²) in [7, 11) is 0. The predicted molar refractivity (Wildman–Crippen MR) is 69.1 cm³/mol. The van der Waals surface area contributed by atoms with Crippen molar-refractivity contribution < 1.29 is 13.2 Å². The monoisotopic (exact) mass is 315 g/mol. The molecule has 2 nitrogen and oxygen atoms in total. The molecular weight excluding hydrogens is 304 g/mol. The van der Waals surface area contributed by atoms with E-state index in [9.17, 15) is 8.78 Å². The van der Waals surface area contributed by atoms with Crippen LogP contribution in [-0.2, 0) is 6.42 Å². The van der Waals surface area contributed by atoms with Crippen LogP contribution in [0.5, 0.6) is 0 Å². The molecule has 96 valence electrons. The summed E-state index contributed by atoms with van der Waals surface area (Å²) in [4.78, 5) is 0. The van der Waals surface area contributed by atoms with Gasteiger partial charge in [-0.1, -0.05) is 0 Å². The second-order valence-electron chi connectivity index (χ2n) is 4.19. The summed E-state index contributed by atoms with van der Waals surface area (Å²) in [6, 6.07) is 5.55. The maximum Gasteiger partial charge on any atom is 0.140 e. The van der Waals surface area contributed by atoms with E-state index in [0.717, 1.165) is 6.07 Å². The highest BCUT2D eigenvalue weighted by molar-refractivity contribution is 9.10. The molecular formula is C13H12BrF2NO.